The Bertz CT molecular complexity index is 388. The lowest BCUT2D eigenvalue weighted by Crippen LogP contribution is -2.44. The fourth-order valence-electron chi connectivity index (χ4n) is 5.09. The highest BCUT2D eigenvalue weighted by atomic mass is 16.1. The summed E-state index contributed by atoms with van der Waals surface area (Å²) in [6.45, 7) is 2.92. The third-order valence-electron chi connectivity index (χ3n) is 5.62. The Morgan fingerprint density at radius 3 is 2.62 bits per heavy atom. The molecule has 86 valence electrons. The first-order chi connectivity index (χ1) is 7.68. The monoisotopic (exact) mass is 217 g/mol. The van der Waals surface area contributed by atoms with Gasteiger partial charge in [0, 0.05) is 6.54 Å². The van der Waals surface area contributed by atoms with Crippen molar-refractivity contribution in [1.29, 1.82) is 0 Å². The first-order valence-corrected chi connectivity index (χ1v) is 6.57. The number of likely N-dealkylation sites (N-methyl/N-ethyl adjacent to an activating group) is 1. The molecule has 2 nitrogen and oxygen atoms in total. The normalized spacial score (nSPS) is 57.2. The molecule has 2 saturated carbocycles. The number of carbonyl (C=O) groups excluding carboxylic acids is 1. The highest BCUT2D eigenvalue weighted by Gasteiger charge is 2.63. The molecule has 1 heterocycles. The SMILES string of the molecule is CC(=O)[C@@H]1[C@H]2[C@H]3C=C[C@@H]([C@H]2CN1C)[C@@H]1C[C@H]31. The van der Waals surface area contributed by atoms with Crippen LogP contribution in [0.15, 0.2) is 12.2 Å². The number of ketones is 1. The third-order valence-corrected chi connectivity index (χ3v) is 5.62. The minimum absolute atomic E-state index is 0.212. The Morgan fingerprint density at radius 1 is 1.19 bits per heavy atom. The largest absolute Gasteiger partial charge is 0.298 e. The van der Waals surface area contributed by atoms with Crippen molar-refractivity contribution in [3.05, 3.63) is 12.2 Å². The molecule has 0 aromatic rings. The Hall–Kier alpha value is -0.630. The van der Waals surface area contributed by atoms with Crippen molar-refractivity contribution >= 4 is 5.78 Å². The molecule has 0 spiro atoms. The van der Waals surface area contributed by atoms with Gasteiger partial charge in [-0.25, -0.2) is 0 Å². The summed E-state index contributed by atoms with van der Waals surface area (Å²) in [6.07, 6.45) is 6.34. The van der Waals surface area contributed by atoms with E-state index in [0.717, 1.165) is 36.1 Å². The van der Waals surface area contributed by atoms with E-state index < -0.39 is 0 Å². The van der Waals surface area contributed by atoms with Crippen molar-refractivity contribution in [3.63, 3.8) is 0 Å². The van der Waals surface area contributed by atoms with Crippen molar-refractivity contribution < 1.29 is 4.79 Å². The predicted octanol–water partition coefficient (Wildman–Crippen LogP) is 1.57. The molecule has 0 unspecified atom stereocenters. The molecule has 4 aliphatic carbocycles. The zero-order chi connectivity index (χ0) is 11.0. The van der Waals surface area contributed by atoms with E-state index in [2.05, 4.69) is 24.1 Å². The first kappa shape index (κ1) is 9.41. The van der Waals surface area contributed by atoms with Gasteiger partial charge in [-0.2, -0.15) is 0 Å². The van der Waals surface area contributed by atoms with Crippen LogP contribution in [0.1, 0.15) is 13.3 Å². The van der Waals surface area contributed by atoms with Crippen LogP contribution in [0.4, 0.5) is 0 Å². The van der Waals surface area contributed by atoms with Gasteiger partial charge in [0.1, 0.15) is 5.78 Å². The van der Waals surface area contributed by atoms with Crippen LogP contribution in [0.3, 0.4) is 0 Å². The number of hydrogen-bond acceptors (Lipinski definition) is 2. The van der Waals surface area contributed by atoms with Crippen LogP contribution in [0.2, 0.25) is 0 Å². The molecule has 0 N–H and O–H groups in total. The van der Waals surface area contributed by atoms with Crippen LogP contribution in [-0.4, -0.2) is 30.3 Å². The number of nitrogens with zero attached hydrogens (tertiary/aromatic N) is 1. The molecule has 0 aromatic heterocycles. The molecule has 5 rings (SSSR count). The predicted molar refractivity (Wildman–Crippen MR) is 61.8 cm³/mol. The van der Waals surface area contributed by atoms with Gasteiger partial charge in [-0.05, 0) is 55.9 Å². The molecule has 3 fully saturated rings. The Morgan fingerprint density at radius 2 is 1.88 bits per heavy atom. The van der Waals surface area contributed by atoms with E-state index >= 15 is 0 Å². The summed E-state index contributed by atoms with van der Waals surface area (Å²) < 4.78 is 0. The first-order valence-electron chi connectivity index (χ1n) is 6.57. The molecule has 5 aliphatic rings. The summed E-state index contributed by atoms with van der Waals surface area (Å²) in [6, 6.07) is 0.212. The summed E-state index contributed by atoms with van der Waals surface area (Å²) in [4.78, 5) is 14.2. The van der Waals surface area contributed by atoms with Gasteiger partial charge in [-0.1, -0.05) is 12.2 Å². The average Bonchev–Trinajstić information content (AvgIpc) is 2.95. The molecule has 1 aliphatic heterocycles. The average molecular weight is 217 g/mol. The zero-order valence-electron chi connectivity index (χ0n) is 9.97. The van der Waals surface area contributed by atoms with Crippen molar-refractivity contribution in [3.8, 4) is 0 Å². The molecule has 7 atom stereocenters. The van der Waals surface area contributed by atoms with Crippen LogP contribution in [0, 0.1) is 35.5 Å². The summed E-state index contributed by atoms with van der Waals surface area (Å²) in [5, 5.41) is 0. The summed E-state index contributed by atoms with van der Waals surface area (Å²) in [7, 11) is 2.13. The van der Waals surface area contributed by atoms with E-state index in [4.69, 9.17) is 0 Å². The van der Waals surface area contributed by atoms with Crippen molar-refractivity contribution in [2.24, 2.45) is 35.5 Å². The van der Waals surface area contributed by atoms with E-state index in [9.17, 15) is 4.79 Å². The molecule has 1 saturated heterocycles. The Kier molecular flexibility index (Phi) is 1.64. The van der Waals surface area contributed by atoms with Gasteiger partial charge in [0.05, 0.1) is 6.04 Å². The standard InChI is InChI=1S/C14H19NO/c1-7(16)14-13-9-4-3-8(10-5-11(9)10)12(13)6-15(14)2/h3-4,8-14H,5-6H2,1-2H3/t8-,9+,10+,11-,12-,13+,14-/m1/s1. The maximum Gasteiger partial charge on any atom is 0.147 e. The van der Waals surface area contributed by atoms with Gasteiger partial charge in [0.15, 0.2) is 0 Å². The van der Waals surface area contributed by atoms with E-state index in [1.807, 2.05) is 0 Å². The maximum absolute atomic E-state index is 11.8. The highest BCUT2D eigenvalue weighted by molar-refractivity contribution is 5.82. The maximum atomic E-state index is 11.8. The molecule has 2 heteroatoms. The summed E-state index contributed by atoms with van der Waals surface area (Å²) >= 11 is 0. The summed E-state index contributed by atoms with van der Waals surface area (Å²) in [5.41, 5.74) is 0. The second-order valence-electron chi connectivity index (χ2n) is 6.34. The lowest BCUT2D eigenvalue weighted by Gasteiger charge is -2.42. The fraction of sp³-hybridized carbons (Fsp3) is 0.786. The minimum atomic E-state index is 0.212. The minimum Gasteiger partial charge on any atom is -0.298 e. The lowest BCUT2D eigenvalue weighted by atomic mass is 9.61. The van der Waals surface area contributed by atoms with Gasteiger partial charge in [-0.3, -0.25) is 9.69 Å². The fourth-order valence-corrected chi connectivity index (χ4v) is 5.09. The van der Waals surface area contributed by atoms with Gasteiger partial charge >= 0.3 is 0 Å². The van der Waals surface area contributed by atoms with Crippen LogP contribution in [0.25, 0.3) is 0 Å². The van der Waals surface area contributed by atoms with Gasteiger partial charge in [-0.15, -0.1) is 0 Å². The van der Waals surface area contributed by atoms with Gasteiger partial charge < -0.3 is 0 Å². The molecular weight excluding hydrogens is 198 g/mol. The van der Waals surface area contributed by atoms with Crippen molar-refractivity contribution in [1.82, 2.24) is 4.90 Å². The molecule has 0 aromatic carbocycles. The molecule has 16 heavy (non-hydrogen) atoms. The number of Topliss-reactive ketones (excluding diaryl/α,β-unsaturated/α-hetero) is 1. The van der Waals surface area contributed by atoms with Crippen molar-refractivity contribution in [2.75, 3.05) is 13.6 Å². The van der Waals surface area contributed by atoms with Crippen LogP contribution in [0.5, 0.6) is 0 Å². The third kappa shape index (κ3) is 0.951. The molecule has 0 radical (unpaired) electrons. The number of rotatable bonds is 1. The second-order valence-corrected chi connectivity index (χ2v) is 6.34. The van der Waals surface area contributed by atoms with Gasteiger partial charge in [0.25, 0.3) is 0 Å². The van der Waals surface area contributed by atoms with E-state index in [-0.39, 0.29) is 6.04 Å². The number of likely N-dealkylation sites (tertiary alicyclic amines) is 1. The topological polar surface area (TPSA) is 20.3 Å². The van der Waals surface area contributed by atoms with E-state index in [1.54, 1.807) is 6.92 Å². The number of carbonyl (C=O) groups is 1. The second kappa shape index (κ2) is 2.79. The van der Waals surface area contributed by atoms with E-state index in [0.29, 0.717) is 11.7 Å². The zero-order valence-corrected chi connectivity index (χ0v) is 9.97. The highest BCUT2D eigenvalue weighted by Crippen LogP contribution is 2.65. The molecular formula is C14H19NO. The summed E-state index contributed by atoms with van der Waals surface area (Å²) in [5.74, 6) is 5.23. The quantitative estimate of drug-likeness (QED) is 0.621. The van der Waals surface area contributed by atoms with E-state index in [1.165, 1.54) is 6.42 Å². The van der Waals surface area contributed by atoms with Crippen LogP contribution >= 0.6 is 0 Å². The van der Waals surface area contributed by atoms with Crippen molar-refractivity contribution in [2.45, 2.75) is 19.4 Å². The van der Waals surface area contributed by atoms with Gasteiger partial charge in [0.2, 0.25) is 0 Å². The lowest BCUT2D eigenvalue weighted by molar-refractivity contribution is -0.122. The number of allylic oxidation sites excluding steroid dienone is 2. The number of hydrogen-bond donors (Lipinski definition) is 0. The van der Waals surface area contributed by atoms with Crippen LogP contribution in [-0.2, 0) is 4.79 Å². The smallest absolute Gasteiger partial charge is 0.147 e. The molecule has 2 bridgehead atoms. The van der Waals surface area contributed by atoms with Crippen LogP contribution < -0.4 is 0 Å². The molecule has 0 amide bonds. The Balaban J connectivity index is 1.76. The Labute approximate surface area is 96.7 Å².